The topological polar surface area (TPSA) is 105 Å². The number of urea groups is 1. The molecule has 8 heteroatoms. The first-order valence-electron chi connectivity index (χ1n) is 12.0. The van der Waals surface area contributed by atoms with E-state index in [0.29, 0.717) is 31.2 Å². The van der Waals surface area contributed by atoms with Crippen molar-refractivity contribution in [1.29, 1.82) is 0 Å². The second kappa shape index (κ2) is 12.6. The number of ether oxygens (including phenoxy) is 1. The van der Waals surface area contributed by atoms with E-state index < -0.39 is 0 Å². The molecule has 3 rings (SSSR count). The number of aromatic nitrogens is 1. The molecule has 0 saturated heterocycles. The van der Waals surface area contributed by atoms with Crippen molar-refractivity contribution in [1.82, 2.24) is 10.3 Å². The van der Waals surface area contributed by atoms with Crippen molar-refractivity contribution >= 4 is 34.5 Å². The fraction of sp³-hybridized carbons (Fsp3) is 0.423. The van der Waals surface area contributed by atoms with E-state index in [9.17, 15) is 9.59 Å². The number of hydrogen-bond donors (Lipinski definition) is 3. The summed E-state index contributed by atoms with van der Waals surface area (Å²) in [6.45, 7) is 7.67. The number of nitrogens with one attached hydrogen (secondary N) is 3. The Kier molecular flexibility index (Phi) is 9.31. The number of benzene rings is 2. The van der Waals surface area contributed by atoms with Gasteiger partial charge in [-0.1, -0.05) is 19.4 Å². The zero-order valence-corrected chi connectivity index (χ0v) is 20.2. The Balaban J connectivity index is 1.61. The number of esters is 1. The van der Waals surface area contributed by atoms with E-state index in [2.05, 4.69) is 27.9 Å². The number of unbranched alkanes of at least 4 members (excludes halogenated alkanes) is 2. The number of fused-ring (bicyclic) bond motifs is 1. The molecular weight excluding hydrogens is 432 g/mol. The van der Waals surface area contributed by atoms with Gasteiger partial charge in [0, 0.05) is 30.9 Å². The van der Waals surface area contributed by atoms with Gasteiger partial charge in [0.25, 0.3) is 0 Å². The van der Waals surface area contributed by atoms with Gasteiger partial charge in [0.2, 0.25) is 5.89 Å². The van der Waals surface area contributed by atoms with Crippen LogP contribution in [-0.4, -0.2) is 36.7 Å². The van der Waals surface area contributed by atoms with Crippen molar-refractivity contribution in [3.8, 4) is 11.5 Å². The lowest BCUT2D eigenvalue weighted by Gasteiger charge is -2.13. The lowest BCUT2D eigenvalue weighted by atomic mass is 10.1. The van der Waals surface area contributed by atoms with Gasteiger partial charge in [-0.25, -0.2) is 9.78 Å². The number of carbonyl (C=O) groups is 2. The molecule has 3 aromatic rings. The monoisotopic (exact) mass is 466 g/mol. The Bertz CT molecular complexity index is 1110. The molecular formula is C26H34N4O4. The molecule has 0 radical (unpaired) electrons. The van der Waals surface area contributed by atoms with Crippen LogP contribution in [0, 0.1) is 6.92 Å². The highest BCUT2D eigenvalue weighted by Gasteiger charge is 2.14. The van der Waals surface area contributed by atoms with Crippen molar-refractivity contribution in [2.24, 2.45) is 0 Å². The molecule has 1 aromatic heterocycles. The second-order valence-corrected chi connectivity index (χ2v) is 8.17. The molecule has 1 heterocycles. The summed E-state index contributed by atoms with van der Waals surface area (Å²) in [6, 6.07) is 11.3. The molecule has 0 aliphatic heterocycles. The first-order valence-corrected chi connectivity index (χ1v) is 12.0. The molecule has 0 atom stereocenters. The summed E-state index contributed by atoms with van der Waals surface area (Å²) in [5.74, 6) is 0.333. The summed E-state index contributed by atoms with van der Waals surface area (Å²) in [5, 5.41) is 9.15. The van der Waals surface area contributed by atoms with Crippen molar-refractivity contribution in [2.75, 3.05) is 30.3 Å². The molecule has 2 amide bonds. The minimum atomic E-state index is -0.279. The average Bonchev–Trinajstić information content (AvgIpc) is 3.23. The maximum absolute atomic E-state index is 12.4. The molecule has 0 fully saturated rings. The fourth-order valence-corrected chi connectivity index (χ4v) is 3.54. The number of carbonyl (C=O) groups excluding carboxylic acids is 2. The predicted molar refractivity (Wildman–Crippen MR) is 135 cm³/mol. The Morgan fingerprint density at radius 1 is 1.03 bits per heavy atom. The number of amides is 2. The van der Waals surface area contributed by atoms with Crippen LogP contribution in [0.25, 0.3) is 22.6 Å². The molecule has 0 bridgehead atoms. The number of oxazole rings is 1. The zero-order valence-electron chi connectivity index (χ0n) is 20.2. The van der Waals surface area contributed by atoms with Crippen LogP contribution in [0.5, 0.6) is 0 Å². The highest BCUT2D eigenvalue weighted by Crippen LogP contribution is 2.33. The fourth-order valence-electron chi connectivity index (χ4n) is 3.54. The van der Waals surface area contributed by atoms with E-state index in [1.54, 1.807) is 6.92 Å². The largest absolute Gasteiger partial charge is 0.466 e. The minimum Gasteiger partial charge on any atom is -0.466 e. The highest BCUT2D eigenvalue weighted by molar-refractivity contribution is 5.91. The highest BCUT2D eigenvalue weighted by atomic mass is 16.5. The van der Waals surface area contributed by atoms with Crippen LogP contribution in [0.15, 0.2) is 40.8 Å². The van der Waals surface area contributed by atoms with E-state index in [0.717, 1.165) is 60.1 Å². The maximum atomic E-state index is 12.4. The van der Waals surface area contributed by atoms with Crippen LogP contribution in [0.1, 0.15) is 51.5 Å². The molecule has 182 valence electrons. The summed E-state index contributed by atoms with van der Waals surface area (Å²) in [5.41, 5.74) is 4.97. The van der Waals surface area contributed by atoms with Crippen molar-refractivity contribution in [3.05, 3.63) is 42.0 Å². The number of aryl methyl sites for hydroxylation is 1. The van der Waals surface area contributed by atoms with Gasteiger partial charge in [0.15, 0.2) is 5.58 Å². The second-order valence-electron chi connectivity index (χ2n) is 8.17. The van der Waals surface area contributed by atoms with E-state index in [4.69, 9.17) is 9.15 Å². The third kappa shape index (κ3) is 7.23. The van der Waals surface area contributed by atoms with E-state index in [1.807, 2.05) is 43.3 Å². The number of anilines is 2. The summed E-state index contributed by atoms with van der Waals surface area (Å²) in [7, 11) is 0. The van der Waals surface area contributed by atoms with Crippen molar-refractivity contribution in [3.63, 3.8) is 0 Å². The lowest BCUT2D eigenvalue weighted by molar-refractivity contribution is -0.143. The van der Waals surface area contributed by atoms with Crippen LogP contribution in [-0.2, 0) is 9.53 Å². The molecule has 0 spiro atoms. The molecule has 0 aliphatic rings. The molecule has 8 nitrogen and oxygen atoms in total. The van der Waals surface area contributed by atoms with Gasteiger partial charge in [-0.2, -0.15) is 0 Å². The van der Waals surface area contributed by atoms with Gasteiger partial charge in [0.05, 0.1) is 12.2 Å². The molecule has 0 aliphatic carbocycles. The van der Waals surface area contributed by atoms with Crippen molar-refractivity contribution in [2.45, 2.75) is 52.9 Å². The van der Waals surface area contributed by atoms with E-state index >= 15 is 0 Å². The Morgan fingerprint density at radius 2 is 1.88 bits per heavy atom. The first kappa shape index (κ1) is 25.1. The lowest BCUT2D eigenvalue weighted by Crippen LogP contribution is -2.29. The first-order chi connectivity index (χ1) is 16.5. The van der Waals surface area contributed by atoms with Crippen LogP contribution in [0.2, 0.25) is 0 Å². The molecule has 34 heavy (non-hydrogen) atoms. The normalized spacial score (nSPS) is 10.8. The van der Waals surface area contributed by atoms with E-state index in [1.165, 1.54) is 0 Å². The summed E-state index contributed by atoms with van der Waals surface area (Å²) >= 11 is 0. The Hall–Kier alpha value is -3.55. The smallest absolute Gasteiger partial charge is 0.319 e. The number of nitrogens with zero attached hydrogens (tertiary/aromatic N) is 1. The average molecular weight is 467 g/mol. The van der Waals surface area contributed by atoms with Crippen LogP contribution >= 0.6 is 0 Å². The van der Waals surface area contributed by atoms with E-state index in [-0.39, 0.29) is 12.0 Å². The minimum absolute atomic E-state index is 0.171. The Labute approximate surface area is 200 Å². The van der Waals surface area contributed by atoms with Gasteiger partial charge in [-0.05, 0) is 69.0 Å². The quantitative estimate of drug-likeness (QED) is 0.228. The van der Waals surface area contributed by atoms with Gasteiger partial charge in [-0.15, -0.1) is 0 Å². The zero-order chi connectivity index (χ0) is 24.3. The summed E-state index contributed by atoms with van der Waals surface area (Å²) < 4.78 is 11.0. The maximum Gasteiger partial charge on any atom is 0.319 e. The summed E-state index contributed by atoms with van der Waals surface area (Å²) in [4.78, 5) is 28.4. The number of hydrogen-bond acceptors (Lipinski definition) is 6. The van der Waals surface area contributed by atoms with Gasteiger partial charge >= 0.3 is 12.0 Å². The SMILES string of the molecule is CCCNc1ccc(NC(=O)NCCCCCC(=O)OCC)cc1-c1nc2ccc(C)cc2o1. The third-order valence-electron chi connectivity index (χ3n) is 5.27. The van der Waals surface area contributed by atoms with Crippen LogP contribution in [0.4, 0.5) is 16.2 Å². The molecule has 3 N–H and O–H groups in total. The van der Waals surface area contributed by atoms with Gasteiger partial charge in [-0.3, -0.25) is 4.79 Å². The molecule has 0 saturated carbocycles. The Morgan fingerprint density at radius 3 is 2.68 bits per heavy atom. The summed E-state index contributed by atoms with van der Waals surface area (Å²) in [6.07, 6.45) is 3.78. The number of rotatable bonds is 12. The standard InChI is InChI=1S/C26H34N4O4/c1-4-14-27-21-13-11-19(29-26(32)28-15-8-6-7-9-24(31)33-5-2)17-20(21)25-30-22-12-10-18(3)16-23(22)34-25/h10-13,16-17,27H,4-9,14-15H2,1-3H3,(H2,28,29,32). The molecule has 2 aromatic carbocycles. The van der Waals surface area contributed by atoms with Gasteiger partial charge < -0.3 is 25.1 Å². The van der Waals surface area contributed by atoms with Crippen molar-refractivity contribution < 1.29 is 18.7 Å². The van der Waals surface area contributed by atoms with Crippen LogP contribution in [0.3, 0.4) is 0 Å². The third-order valence-corrected chi connectivity index (χ3v) is 5.27. The molecule has 0 unspecified atom stereocenters. The van der Waals surface area contributed by atoms with Crippen LogP contribution < -0.4 is 16.0 Å². The predicted octanol–water partition coefficient (Wildman–Crippen LogP) is 5.87. The van der Waals surface area contributed by atoms with Gasteiger partial charge in [0.1, 0.15) is 5.52 Å².